The Kier molecular flexibility index (Phi) is 7.41. The van der Waals surface area contributed by atoms with Gasteiger partial charge < -0.3 is 10.6 Å². The lowest BCUT2D eigenvalue weighted by molar-refractivity contribution is 0.219. The number of nitrogens with zero attached hydrogens (tertiary/aromatic N) is 1. The Morgan fingerprint density at radius 1 is 1.04 bits per heavy atom. The molecular formula is C21H29N3S. The molecule has 0 heterocycles. The van der Waals surface area contributed by atoms with Crippen molar-refractivity contribution < 1.29 is 0 Å². The number of anilines is 1. The van der Waals surface area contributed by atoms with Gasteiger partial charge in [-0.1, -0.05) is 61.9 Å². The van der Waals surface area contributed by atoms with Gasteiger partial charge in [0.05, 0.1) is 6.04 Å². The molecule has 3 nitrogen and oxygen atoms in total. The Balaban J connectivity index is 2.03. The molecule has 0 unspecified atom stereocenters. The maximum Gasteiger partial charge on any atom is 0.170 e. The molecule has 0 aromatic heterocycles. The highest BCUT2D eigenvalue weighted by molar-refractivity contribution is 7.80. The molecule has 0 aliphatic carbocycles. The van der Waals surface area contributed by atoms with E-state index in [0.717, 1.165) is 25.3 Å². The molecule has 2 aromatic rings. The van der Waals surface area contributed by atoms with Gasteiger partial charge in [0.15, 0.2) is 5.11 Å². The third-order valence-corrected chi connectivity index (χ3v) is 4.77. The van der Waals surface area contributed by atoms with Gasteiger partial charge in [-0.15, -0.1) is 0 Å². The average Bonchev–Trinajstić information content (AvgIpc) is 2.62. The second kappa shape index (κ2) is 9.54. The summed E-state index contributed by atoms with van der Waals surface area (Å²) in [5, 5.41) is 7.39. The third-order valence-electron chi connectivity index (χ3n) is 4.52. The van der Waals surface area contributed by atoms with Crippen LogP contribution in [0, 0.1) is 13.8 Å². The maximum atomic E-state index is 5.52. The Morgan fingerprint density at radius 2 is 1.72 bits per heavy atom. The van der Waals surface area contributed by atoms with E-state index >= 15 is 0 Å². The van der Waals surface area contributed by atoms with Gasteiger partial charge in [-0.3, -0.25) is 4.90 Å². The molecule has 0 amide bonds. The second-order valence-corrected chi connectivity index (χ2v) is 6.71. The van der Waals surface area contributed by atoms with Crippen LogP contribution in [0.5, 0.6) is 0 Å². The van der Waals surface area contributed by atoms with Crippen LogP contribution >= 0.6 is 12.2 Å². The van der Waals surface area contributed by atoms with Crippen LogP contribution in [0.2, 0.25) is 0 Å². The highest BCUT2D eigenvalue weighted by Gasteiger charge is 2.18. The molecule has 0 saturated carbocycles. The van der Waals surface area contributed by atoms with Crippen LogP contribution in [0.4, 0.5) is 5.69 Å². The molecule has 0 aliphatic rings. The molecule has 0 aliphatic heterocycles. The zero-order chi connectivity index (χ0) is 18.2. The van der Waals surface area contributed by atoms with E-state index < -0.39 is 0 Å². The summed E-state index contributed by atoms with van der Waals surface area (Å²) >= 11 is 5.52. The summed E-state index contributed by atoms with van der Waals surface area (Å²) in [6.07, 6.45) is 0. The SMILES string of the molecule is CCN(CC)[C@@H](CNC(=S)Nc1ccc(C)cc1C)c1ccccc1. The zero-order valence-electron chi connectivity index (χ0n) is 15.7. The molecule has 2 N–H and O–H groups in total. The van der Waals surface area contributed by atoms with Gasteiger partial charge in [0, 0.05) is 12.2 Å². The lowest BCUT2D eigenvalue weighted by atomic mass is 10.1. The van der Waals surface area contributed by atoms with Crippen LogP contribution in [0.25, 0.3) is 0 Å². The third kappa shape index (κ3) is 5.55. The van der Waals surface area contributed by atoms with Crippen LogP contribution in [-0.2, 0) is 0 Å². The van der Waals surface area contributed by atoms with Gasteiger partial charge in [0.2, 0.25) is 0 Å². The monoisotopic (exact) mass is 355 g/mol. The first-order valence-corrected chi connectivity index (χ1v) is 9.37. The van der Waals surface area contributed by atoms with E-state index in [1.807, 2.05) is 0 Å². The topological polar surface area (TPSA) is 27.3 Å². The first-order chi connectivity index (χ1) is 12.0. The van der Waals surface area contributed by atoms with Gasteiger partial charge >= 0.3 is 0 Å². The van der Waals surface area contributed by atoms with Crippen molar-refractivity contribution in [1.82, 2.24) is 10.2 Å². The van der Waals surface area contributed by atoms with Crippen molar-refractivity contribution in [2.24, 2.45) is 0 Å². The van der Waals surface area contributed by atoms with E-state index in [1.165, 1.54) is 16.7 Å². The molecule has 4 heteroatoms. The predicted octanol–water partition coefficient (Wildman–Crippen LogP) is 4.67. The van der Waals surface area contributed by atoms with E-state index in [-0.39, 0.29) is 0 Å². The largest absolute Gasteiger partial charge is 0.361 e. The van der Waals surface area contributed by atoms with Crippen LogP contribution in [0.15, 0.2) is 48.5 Å². The Hall–Kier alpha value is -1.91. The second-order valence-electron chi connectivity index (χ2n) is 6.30. The fourth-order valence-electron chi connectivity index (χ4n) is 3.11. The number of thiocarbonyl (C=S) groups is 1. The molecule has 25 heavy (non-hydrogen) atoms. The smallest absolute Gasteiger partial charge is 0.170 e. The molecular weight excluding hydrogens is 326 g/mol. The number of hydrogen-bond acceptors (Lipinski definition) is 2. The lowest BCUT2D eigenvalue weighted by Crippen LogP contribution is -2.39. The first-order valence-electron chi connectivity index (χ1n) is 8.96. The minimum absolute atomic E-state index is 0.301. The quantitative estimate of drug-likeness (QED) is 0.706. The molecule has 0 radical (unpaired) electrons. The number of likely N-dealkylation sites (N-methyl/N-ethyl adjacent to an activating group) is 1. The number of rotatable bonds is 7. The highest BCUT2D eigenvalue weighted by Crippen LogP contribution is 2.20. The first kappa shape index (κ1) is 19.4. The number of hydrogen-bond donors (Lipinski definition) is 2. The van der Waals surface area contributed by atoms with Crippen LogP contribution in [0.1, 0.15) is 36.6 Å². The van der Waals surface area contributed by atoms with Crippen molar-refractivity contribution in [3.05, 3.63) is 65.2 Å². The zero-order valence-corrected chi connectivity index (χ0v) is 16.5. The molecule has 134 valence electrons. The van der Waals surface area contributed by atoms with Crippen molar-refractivity contribution in [2.45, 2.75) is 33.7 Å². The average molecular weight is 356 g/mol. The Labute approximate surface area is 157 Å². The lowest BCUT2D eigenvalue weighted by Gasteiger charge is -2.30. The fourth-order valence-corrected chi connectivity index (χ4v) is 3.30. The van der Waals surface area contributed by atoms with Gasteiger partial charge in [0.1, 0.15) is 0 Å². The molecule has 0 fully saturated rings. The Bertz CT molecular complexity index is 681. The van der Waals surface area contributed by atoms with Crippen molar-refractivity contribution in [2.75, 3.05) is 25.0 Å². The summed E-state index contributed by atoms with van der Waals surface area (Å²) in [6.45, 7) is 11.4. The molecule has 2 rings (SSSR count). The van der Waals surface area contributed by atoms with Gasteiger partial charge in [-0.25, -0.2) is 0 Å². The van der Waals surface area contributed by atoms with Crippen LogP contribution in [-0.4, -0.2) is 29.6 Å². The summed E-state index contributed by atoms with van der Waals surface area (Å²) < 4.78 is 0. The Morgan fingerprint density at radius 3 is 2.32 bits per heavy atom. The fraction of sp³-hybridized carbons (Fsp3) is 0.381. The standard InChI is InChI=1S/C21H29N3S/c1-5-24(6-2)20(18-10-8-7-9-11-18)15-22-21(25)23-19-13-12-16(3)14-17(19)4/h7-14,20H,5-6,15H2,1-4H3,(H2,22,23,25)/t20-/m0/s1. The van der Waals surface area contributed by atoms with Gasteiger partial charge in [-0.05, 0) is 56.3 Å². The summed E-state index contributed by atoms with van der Waals surface area (Å²) in [7, 11) is 0. The highest BCUT2D eigenvalue weighted by atomic mass is 32.1. The van der Waals surface area contributed by atoms with E-state index in [2.05, 4.69) is 91.8 Å². The molecule has 0 saturated heterocycles. The van der Waals surface area contributed by atoms with Crippen molar-refractivity contribution in [3.8, 4) is 0 Å². The van der Waals surface area contributed by atoms with Gasteiger partial charge in [0.25, 0.3) is 0 Å². The normalized spacial score (nSPS) is 12.0. The van der Waals surface area contributed by atoms with E-state index in [1.54, 1.807) is 0 Å². The molecule has 1 atom stereocenters. The predicted molar refractivity (Wildman–Crippen MR) is 112 cm³/mol. The van der Waals surface area contributed by atoms with Gasteiger partial charge in [-0.2, -0.15) is 0 Å². The van der Waals surface area contributed by atoms with Crippen LogP contribution < -0.4 is 10.6 Å². The summed E-state index contributed by atoms with van der Waals surface area (Å²) in [5.41, 5.74) is 4.83. The van der Waals surface area contributed by atoms with Crippen molar-refractivity contribution in [1.29, 1.82) is 0 Å². The molecule has 0 bridgehead atoms. The van der Waals surface area contributed by atoms with Crippen molar-refractivity contribution in [3.63, 3.8) is 0 Å². The minimum atomic E-state index is 0.301. The van der Waals surface area contributed by atoms with E-state index in [4.69, 9.17) is 12.2 Å². The summed E-state index contributed by atoms with van der Waals surface area (Å²) in [5.74, 6) is 0. The summed E-state index contributed by atoms with van der Waals surface area (Å²) in [4.78, 5) is 2.45. The van der Waals surface area contributed by atoms with E-state index in [0.29, 0.717) is 11.2 Å². The maximum absolute atomic E-state index is 5.52. The number of aryl methyl sites for hydroxylation is 2. The number of nitrogens with one attached hydrogen (secondary N) is 2. The van der Waals surface area contributed by atoms with Crippen molar-refractivity contribution >= 4 is 23.0 Å². The number of benzene rings is 2. The summed E-state index contributed by atoms with van der Waals surface area (Å²) in [6, 6.07) is 17.3. The van der Waals surface area contributed by atoms with E-state index in [9.17, 15) is 0 Å². The minimum Gasteiger partial charge on any atom is -0.361 e. The van der Waals surface area contributed by atoms with Crippen LogP contribution in [0.3, 0.4) is 0 Å². The molecule has 2 aromatic carbocycles. The molecule has 0 spiro atoms.